The molecule has 0 amide bonds. The molecule has 0 saturated carbocycles. The van der Waals surface area contributed by atoms with Crippen LogP contribution in [-0.4, -0.2) is 4.57 Å². The van der Waals surface area contributed by atoms with Crippen molar-refractivity contribution in [1.82, 2.24) is 4.57 Å². The van der Waals surface area contributed by atoms with Crippen molar-refractivity contribution in [3.63, 3.8) is 0 Å². The number of rotatable bonds is 7. The Hall–Kier alpha value is -2.28. The van der Waals surface area contributed by atoms with Gasteiger partial charge >= 0.3 is 0 Å². The Morgan fingerprint density at radius 2 is 1.39 bits per heavy atom. The Labute approximate surface area is 138 Å². The fourth-order valence-corrected chi connectivity index (χ4v) is 3.33. The monoisotopic (exact) mass is 303 g/mol. The number of aromatic nitrogens is 1. The molecule has 0 aliphatic heterocycles. The van der Waals surface area contributed by atoms with Gasteiger partial charge in [-0.2, -0.15) is 0 Å². The lowest BCUT2D eigenvalue weighted by atomic mass is 10.1. The minimum absolute atomic E-state index is 1.08. The van der Waals surface area contributed by atoms with Gasteiger partial charge in [0.2, 0.25) is 0 Å². The van der Waals surface area contributed by atoms with E-state index >= 15 is 0 Å². The van der Waals surface area contributed by atoms with Crippen LogP contribution in [0.15, 0.2) is 49.6 Å². The molecule has 2 aromatic carbocycles. The molecule has 0 fully saturated rings. The van der Waals surface area contributed by atoms with E-state index < -0.39 is 0 Å². The Morgan fingerprint density at radius 3 is 1.87 bits per heavy atom. The van der Waals surface area contributed by atoms with Crippen LogP contribution in [-0.2, 0) is 6.54 Å². The summed E-state index contributed by atoms with van der Waals surface area (Å²) in [7, 11) is 0. The Kier molecular flexibility index (Phi) is 4.66. The van der Waals surface area contributed by atoms with Gasteiger partial charge in [0.25, 0.3) is 0 Å². The average molecular weight is 303 g/mol. The summed E-state index contributed by atoms with van der Waals surface area (Å²) in [6, 6.07) is 13.3. The van der Waals surface area contributed by atoms with Gasteiger partial charge in [0.1, 0.15) is 0 Å². The molecule has 0 unspecified atom stereocenters. The highest BCUT2D eigenvalue weighted by molar-refractivity contribution is 6.09. The lowest BCUT2D eigenvalue weighted by molar-refractivity contribution is 0.602. The van der Waals surface area contributed by atoms with E-state index in [1.54, 1.807) is 0 Å². The van der Waals surface area contributed by atoms with Gasteiger partial charge in [0, 0.05) is 28.4 Å². The molecule has 0 N–H and O–H groups in total. The zero-order valence-corrected chi connectivity index (χ0v) is 14.0. The van der Waals surface area contributed by atoms with Gasteiger partial charge in [-0.3, -0.25) is 0 Å². The molecule has 1 nitrogen and oxygen atoms in total. The van der Waals surface area contributed by atoms with E-state index in [4.69, 9.17) is 0 Å². The number of nitrogens with zero attached hydrogens (tertiary/aromatic N) is 1. The summed E-state index contributed by atoms with van der Waals surface area (Å²) in [6.45, 7) is 11.2. The fraction of sp³-hybridized carbons (Fsp3) is 0.273. The molecule has 1 heteroatoms. The minimum Gasteiger partial charge on any atom is -0.340 e. The first kappa shape index (κ1) is 15.6. The van der Waals surface area contributed by atoms with E-state index in [1.807, 2.05) is 12.2 Å². The van der Waals surface area contributed by atoms with Crippen LogP contribution in [0, 0.1) is 0 Å². The van der Waals surface area contributed by atoms with Gasteiger partial charge < -0.3 is 4.57 Å². The predicted octanol–water partition coefficient (Wildman–Crippen LogP) is 6.66. The molecule has 0 bridgehead atoms. The van der Waals surface area contributed by atoms with Gasteiger partial charge in [-0.15, -0.1) is 0 Å². The number of unbranched alkanes of at least 4 members (excludes halogenated alkanes) is 3. The average Bonchev–Trinajstić information content (AvgIpc) is 2.91. The van der Waals surface area contributed by atoms with Crippen LogP contribution in [0.3, 0.4) is 0 Å². The van der Waals surface area contributed by atoms with Crippen LogP contribution in [0.25, 0.3) is 34.0 Å². The summed E-state index contributed by atoms with van der Waals surface area (Å²) < 4.78 is 2.47. The largest absolute Gasteiger partial charge is 0.340 e. The third-order valence-corrected chi connectivity index (χ3v) is 4.62. The summed E-state index contributed by atoms with van der Waals surface area (Å²) >= 11 is 0. The van der Waals surface area contributed by atoms with Crippen molar-refractivity contribution in [2.75, 3.05) is 0 Å². The van der Waals surface area contributed by atoms with Crippen LogP contribution in [0.5, 0.6) is 0 Å². The molecule has 0 atom stereocenters. The molecular weight excluding hydrogens is 278 g/mol. The molecule has 0 saturated heterocycles. The number of hydrogen-bond acceptors (Lipinski definition) is 0. The van der Waals surface area contributed by atoms with Crippen LogP contribution in [0.1, 0.15) is 43.7 Å². The molecule has 3 rings (SSSR count). The highest BCUT2D eigenvalue weighted by Crippen LogP contribution is 2.31. The number of aryl methyl sites for hydroxylation is 1. The van der Waals surface area contributed by atoms with Crippen molar-refractivity contribution in [3.05, 3.63) is 60.7 Å². The quantitative estimate of drug-likeness (QED) is 0.430. The third-order valence-electron chi connectivity index (χ3n) is 4.62. The van der Waals surface area contributed by atoms with Crippen molar-refractivity contribution in [3.8, 4) is 0 Å². The van der Waals surface area contributed by atoms with Crippen LogP contribution in [0.4, 0.5) is 0 Å². The minimum atomic E-state index is 1.08. The van der Waals surface area contributed by atoms with Crippen molar-refractivity contribution < 1.29 is 0 Å². The second-order valence-electron chi connectivity index (χ2n) is 6.17. The molecule has 0 radical (unpaired) electrons. The Bertz CT molecular complexity index is 786. The van der Waals surface area contributed by atoms with Gasteiger partial charge in [0.15, 0.2) is 0 Å². The number of fused-ring (bicyclic) bond motifs is 3. The molecule has 1 heterocycles. The fourth-order valence-electron chi connectivity index (χ4n) is 3.33. The van der Waals surface area contributed by atoms with Gasteiger partial charge in [-0.05, 0) is 41.8 Å². The molecular formula is C22H25N. The van der Waals surface area contributed by atoms with Crippen molar-refractivity contribution in [1.29, 1.82) is 0 Å². The summed E-state index contributed by atoms with van der Waals surface area (Å²) in [4.78, 5) is 0. The first-order valence-corrected chi connectivity index (χ1v) is 8.59. The van der Waals surface area contributed by atoms with Crippen LogP contribution < -0.4 is 0 Å². The first-order chi connectivity index (χ1) is 11.3. The summed E-state index contributed by atoms with van der Waals surface area (Å²) in [5.41, 5.74) is 4.99. The molecule has 0 spiro atoms. The van der Waals surface area contributed by atoms with Crippen molar-refractivity contribution in [2.24, 2.45) is 0 Å². The van der Waals surface area contributed by atoms with E-state index in [2.05, 4.69) is 61.0 Å². The molecule has 0 aliphatic rings. The maximum atomic E-state index is 3.91. The lowest BCUT2D eigenvalue weighted by Crippen LogP contribution is -1.97. The zero-order chi connectivity index (χ0) is 16.2. The smallest absolute Gasteiger partial charge is 0.0491 e. The van der Waals surface area contributed by atoms with Crippen LogP contribution in [0.2, 0.25) is 0 Å². The SMILES string of the molecule is C=Cc1ccc2c(c1)c1cc(C=C)ccc1n2CCCCCC. The summed E-state index contributed by atoms with van der Waals surface area (Å²) in [6.07, 6.45) is 8.96. The molecule has 23 heavy (non-hydrogen) atoms. The van der Waals surface area contributed by atoms with E-state index in [9.17, 15) is 0 Å². The molecule has 3 aromatic rings. The normalized spacial score (nSPS) is 11.2. The highest BCUT2D eigenvalue weighted by Gasteiger charge is 2.11. The van der Waals surface area contributed by atoms with Gasteiger partial charge in [-0.25, -0.2) is 0 Å². The van der Waals surface area contributed by atoms with Gasteiger partial charge in [-0.1, -0.05) is 63.6 Å². The molecule has 0 aliphatic carbocycles. The standard InChI is InChI=1S/C22H25N/c1-4-7-8-9-14-23-21-12-10-17(5-2)15-19(21)20-16-18(6-3)11-13-22(20)23/h5-6,10-13,15-16H,2-4,7-9,14H2,1H3. The maximum Gasteiger partial charge on any atom is 0.0491 e. The number of benzene rings is 2. The second-order valence-corrected chi connectivity index (χ2v) is 6.17. The lowest BCUT2D eigenvalue weighted by Gasteiger charge is -2.07. The van der Waals surface area contributed by atoms with Crippen LogP contribution >= 0.6 is 0 Å². The Balaban J connectivity index is 2.15. The summed E-state index contributed by atoms with van der Waals surface area (Å²) in [5, 5.41) is 2.63. The third kappa shape index (κ3) is 2.96. The Morgan fingerprint density at radius 1 is 0.826 bits per heavy atom. The number of hydrogen-bond donors (Lipinski definition) is 0. The van der Waals surface area contributed by atoms with E-state index in [-0.39, 0.29) is 0 Å². The predicted molar refractivity (Wildman–Crippen MR) is 104 cm³/mol. The van der Waals surface area contributed by atoms with Crippen molar-refractivity contribution >= 4 is 34.0 Å². The second kappa shape index (κ2) is 6.87. The summed E-state index contributed by atoms with van der Waals surface area (Å²) in [5.74, 6) is 0. The molecule has 118 valence electrons. The van der Waals surface area contributed by atoms with E-state index in [1.165, 1.54) is 58.6 Å². The van der Waals surface area contributed by atoms with E-state index in [0.29, 0.717) is 0 Å². The topological polar surface area (TPSA) is 4.93 Å². The van der Waals surface area contributed by atoms with Gasteiger partial charge in [0.05, 0.1) is 0 Å². The van der Waals surface area contributed by atoms with E-state index in [0.717, 1.165) is 6.54 Å². The highest BCUT2D eigenvalue weighted by atomic mass is 15.0. The zero-order valence-electron chi connectivity index (χ0n) is 14.0. The maximum absolute atomic E-state index is 3.91. The molecule has 1 aromatic heterocycles. The first-order valence-electron chi connectivity index (χ1n) is 8.59. The van der Waals surface area contributed by atoms with Crippen molar-refractivity contribution in [2.45, 2.75) is 39.2 Å².